The highest BCUT2D eigenvalue weighted by atomic mass is 16.7. The van der Waals surface area contributed by atoms with Crippen LogP contribution in [-0.4, -0.2) is 76.3 Å². The Morgan fingerprint density at radius 1 is 1.09 bits per heavy atom. The van der Waals surface area contributed by atoms with E-state index in [0.29, 0.717) is 11.3 Å². The minimum atomic E-state index is -1.52. The van der Waals surface area contributed by atoms with Crippen LogP contribution in [-0.2, 0) is 20.6 Å². The molecule has 1 saturated heterocycles. The van der Waals surface area contributed by atoms with Gasteiger partial charge in [-0.2, -0.15) is 0 Å². The molecule has 0 bridgehead atoms. The Hall–Kier alpha value is -4.37. The Bertz CT molecular complexity index is 1710. The van der Waals surface area contributed by atoms with Crippen LogP contribution >= 0.6 is 0 Å². The van der Waals surface area contributed by atoms with Crippen molar-refractivity contribution in [2.24, 2.45) is 5.73 Å². The van der Waals surface area contributed by atoms with E-state index in [1.807, 2.05) is 0 Å². The van der Waals surface area contributed by atoms with Gasteiger partial charge >= 0.3 is 11.7 Å². The number of nitrogens with one attached hydrogen (secondary N) is 1. The molecule has 1 aromatic heterocycles. The molecule has 242 valence electrons. The van der Waals surface area contributed by atoms with Crippen LogP contribution in [0.4, 0.5) is 10.5 Å². The second-order valence-corrected chi connectivity index (χ2v) is 12.1. The molecule has 45 heavy (non-hydrogen) atoms. The van der Waals surface area contributed by atoms with E-state index in [1.54, 1.807) is 46.8 Å². The van der Waals surface area contributed by atoms with Crippen molar-refractivity contribution in [3.63, 3.8) is 0 Å². The molecule has 0 unspecified atom stereocenters. The maximum atomic E-state index is 13.1. The minimum absolute atomic E-state index is 0.0419. The van der Waals surface area contributed by atoms with Crippen molar-refractivity contribution >= 4 is 28.7 Å². The number of aliphatic hydroxyl groups is 2. The molecule has 3 heterocycles. The van der Waals surface area contributed by atoms with Gasteiger partial charge in [0, 0.05) is 24.7 Å². The average Bonchev–Trinajstić information content (AvgIpc) is 2.95. The molecule has 0 saturated carbocycles. The average molecular weight is 629 g/mol. The van der Waals surface area contributed by atoms with Crippen LogP contribution in [0.15, 0.2) is 39.5 Å². The lowest BCUT2D eigenvalue weighted by atomic mass is 9.89. The maximum Gasteiger partial charge on any atom is 0.404 e. The molecular formula is C31H36N2O12. The highest BCUT2D eigenvalue weighted by Gasteiger charge is 2.53. The van der Waals surface area contributed by atoms with Crippen molar-refractivity contribution in [1.29, 1.82) is 0 Å². The van der Waals surface area contributed by atoms with Crippen LogP contribution in [0.3, 0.4) is 0 Å². The van der Waals surface area contributed by atoms with Gasteiger partial charge in [-0.3, -0.25) is 4.79 Å². The van der Waals surface area contributed by atoms with Crippen LogP contribution in [0.2, 0.25) is 0 Å². The number of anilines is 1. The van der Waals surface area contributed by atoms with Crippen LogP contribution in [0.25, 0.3) is 11.0 Å². The summed E-state index contributed by atoms with van der Waals surface area (Å²) in [4.78, 5) is 37.6. The molecule has 0 radical (unpaired) electrons. The first-order valence-corrected chi connectivity index (χ1v) is 14.2. The summed E-state index contributed by atoms with van der Waals surface area (Å²) in [5, 5.41) is 34.9. The number of aliphatic hydroxyl groups excluding tert-OH is 2. The van der Waals surface area contributed by atoms with Crippen molar-refractivity contribution < 1.29 is 53.0 Å². The predicted octanol–water partition coefficient (Wildman–Crippen LogP) is 2.49. The van der Waals surface area contributed by atoms with Crippen LogP contribution in [0, 0.1) is 6.92 Å². The molecule has 3 aromatic rings. The number of amides is 2. The molecule has 5 rings (SSSR count). The van der Waals surface area contributed by atoms with Gasteiger partial charge in [0.05, 0.1) is 17.1 Å². The summed E-state index contributed by atoms with van der Waals surface area (Å²) in [6.45, 7) is 8.40. The van der Waals surface area contributed by atoms with Gasteiger partial charge in [-0.25, -0.2) is 9.59 Å². The van der Waals surface area contributed by atoms with Crippen LogP contribution < -0.4 is 26.1 Å². The fourth-order valence-electron chi connectivity index (χ4n) is 5.64. The van der Waals surface area contributed by atoms with Crippen molar-refractivity contribution in [3.8, 4) is 17.2 Å². The van der Waals surface area contributed by atoms with Gasteiger partial charge < -0.3 is 54.5 Å². The smallest absolute Gasteiger partial charge is 0.404 e. The first kappa shape index (κ1) is 32.0. The molecule has 2 amide bonds. The second kappa shape index (κ2) is 11.5. The molecule has 0 spiro atoms. The van der Waals surface area contributed by atoms with Crippen LogP contribution in [0.1, 0.15) is 49.2 Å². The van der Waals surface area contributed by atoms with Crippen molar-refractivity contribution in [3.05, 3.63) is 57.4 Å². The zero-order chi connectivity index (χ0) is 33.0. The Balaban J connectivity index is 1.41. The molecule has 0 aliphatic carbocycles. The first-order chi connectivity index (χ1) is 21.0. The second-order valence-electron chi connectivity index (χ2n) is 12.1. The minimum Gasteiger partial charge on any atom is -0.505 e. The molecule has 2 aromatic carbocycles. The first-order valence-electron chi connectivity index (χ1n) is 14.2. The summed E-state index contributed by atoms with van der Waals surface area (Å²) in [5.74, 6) is -0.566. The maximum absolute atomic E-state index is 13.1. The number of benzene rings is 2. The van der Waals surface area contributed by atoms with Crippen molar-refractivity contribution in [2.45, 2.75) is 82.9 Å². The van der Waals surface area contributed by atoms with E-state index in [2.05, 4.69) is 5.32 Å². The van der Waals surface area contributed by atoms with E-state index in [0.717, 1.165) is 0 Å². The van der Waals surface area contributed by atoms with Gasteiger partial charge in [0.15, 0.2) is 23.6 Å². The number of hydrogen-bond acceptors (Lipinski definition) is 12. The Labute approximate surface area is 257 Å². The van der Waals surface area contributed by atoms with Gasteiger partial charge in [-0.15, -0.1) is 0 Å². The number of hydrogen-bond donors (Lipinski definition) is 5. The monoisotopic (exact) mass is 628 g/mol. The molecule has 6 N–H and O–H groups in total. The molecule has 5 atom stereocenters. The largest absolute Gasteiger partial charge is 0.505 e. The number of rotatable bonds is 6. The lowest BCUT2D eigenvalue weighted by molar-refractivity contribution is -0.304. The number of fused-ring (bicyclic) bond motifs is 2. The topological polar surface area (TPSA) is 209 Å². The lowest BCUT2D eigenvalue weighted by Crippen LogP contribution is -2.65. The third kappa shape index (κ3) is 5.89. The predicted molar refractivity (Wildman–Crippen MR) is 159 cm³/mol. The number of aryl methyl sites for hydroxylation is 1. The van der Waals surface area contributed by atoms with Gasteiger partial charge in [0.2, 0.25) is 6.29 Å². The molecular weight excluding hydrogens is 592 g/mol. The van der Waals surface area contributed by atoms with Gasteiger partial charge in [-0.05, 0) is 70.5 Å². The third-order valence-electron chi connectivity index (χ3n) is 8.17. The van der Waals surface area contributed by atoms with Gasteiger partial charge in [0.1, 0.15) is 28.8 Å². The number of carbonyl (C=O) groups is 2. The number of carbonyl (C=O) groups excluding carboxylic acids is 2. The molecule has 14 heteroatoms. The zero-order valence-electron chi connectivity index (χ0n) is 25.6. The fourth-order valence-corrected chi connectivity index (χ4v) is 5.64. The quantitative estimate of drug-likeness (QED) is 0.249. The summed E-state index contributed by atoms with van der Waals surface area (Å²) < 4.78 is 33.7. The molecule has 1 fully saturated rings. The van der Waals surface area contributed by atoms with Gasteiger partial charge in [-0.1, -0.05) is 0 Å². The Morgan fingerprint density at radius 2 is 1.80 bits per heavy atom. The number of methoxy groups -OCH3 is 1. The fraction of sp³-hybridized carbons (Fsp3) is 0.452. The molecule has 2 aliphatic heterocycles. The number of aromatic hydroxyl groups is 1. The Kier molecular flexibility index (Phi) is 8.21. The summed E-state index contributed by atoms with van der Waals surface area (Å²) in [5.41, 5.74) is 2.84. The van der Waals surface area contributed by atoms with E-state index in [9.17, 15) is 29.7 Å². The lowest BCUT2D eigenvalue weighted by Gasteiger charge is -2.47. The molecule has 2 aliphatic rings. The highest BCUT2D eigenvalue weighted by molar-refractivity contribution is 6.06. The van der Waals surface area contributed by atoms with Gasteiger partial charge in [0.25, 0.3) is 5.91 Å². The number of primary amides is 1. The third-order valence-corrected chi connectivity index (χ3v) is 8.17. The van der Waals surface area contributed by atoms with E-state index < -0.39 is 71.0 Å². The van der Waals surface area contributed by atoms with Crippen molar-refractivity contribution in [2.75, 3.05) is 12.4 Å². The van der Waals surface area contributed by atoms with Crippen LogP contribution in [0.5, 0.6) is 17.2 Å². The molecule has 14 nitrogen and oxygen atoms in total. The summed E-state index contributed by atoms with van der Waals surface area (Å²) in [6.07, 6.45) is -6.63. The number of ether oxygens (including phenoxy) is 5. The summed E-state index contributed by atoms with van der Waals surface area (Å²) >= 11 is 0. The highest BCUT2D eigenvalue weighted by Crippen LogP contribution is 2.39. The zero-order valence-corrected chi connectivity index (χ0v) is 25.6. The normalized spacial score (nSPS) is 25.1. The number of nitrogens with two attached hydrogens (primary N) is 1. The van der Waals surface area contributed by atoms with E-state index in [1.165, 1.54) is 25.3 Å². The van der Waals surface area contributed by atoms with E-state index in [-0.39, 0.29) is 34.3 Å². The summed E-state index contributed by atoms with van der Waals surface area (Å²) in [7, 11) is 1.37. The summed E-state index contributed by atoms with van der Waals surface area (Å²) in [6, 6.07) is 7.52. The van der Waals surface area contributed by atoms with Crippen molar-refractivity contribution in [1.82, 2.24) is 0 Å². The van der Waals surface area contributed by atoms with E-state index >= 15 is 0 Å². The SMILES string of the molecule is CO[C@@H]1[C@@H](OC(N)=O)[C@@H](O)[C@H](Oc2ccc3c(O)c(NC(=O)c4ccc5c(c4)C[C@H](O)C(C)(C)O5)c(=O)oc3c2C)OC1(C)C. The van der Waals surface area contributed by atoms with E-state index in [4.69, 9.17) is 33.8 Å². The Morgan fingerprint density at radius 3 is 2.47 bits per heavy atom. The standard InChI is InChI=1S/C31H36N2O12/c1-13-17(41-28-22(36)24(43-29(32)39)25(40-6)31(4,5)45-28)10-8-16-21(35)20(27(38)42-23(13)16)33-26(37)14-7-9-18-15(11-14)12-19(34)30(2,3)44-18/h7-11,19,22,24-25,28,34-36H,12H2,1-6H3,(H2,32,39)(H,33,37)/t19-,22+,24-,25+,28+/m0/s1.